The van der Waals surface area contributed by atoms with Crippen molar-refractivity contribution in [1.29, 1.82) is 0 Å². The Hall–Kier alpha value is -2.86. The van der Waals surface area contributed by atoms with Gasteiger partial charge < -0.3 is 15.4 Å². The predicted octanol–water partition coefficient (Wildman–Crippen LogP) is 3.26. The maximum atomic E-state index is 12.3. The Morgan fingerprint density at radius 1 is 0.963 bits per heavy atom. The molecule has 2 aromatic carbocycles. The standard InChI is InChI=1S/C21H27N3O3/c1-4-24(14-20(25)22-16(2)3)15-21(26)23-17-9-8-12-19(13-17)27-18-10-6-5-7-11-18/h5-13,16H,4,14-15H2,1-3H3,(H,22,25)(H,23,26). The third-order valence-electron chi connectivity index (χ3n) is 3.73. The number of benzene rings is 2. The Balaban J connectivity index is 1.90. The molecule has 2 rings (SSSR count). The third kappa shape index (κ3) is 7.50. The summed E-state index contributed by atoms with van der Waals surface area (Å²) in [4.78, 5) is 26.0. The fraction of sp³-hybridized carbons (Fsp3) is 0.333. The van der Waals surface area contributed by atoms with Crippen LogP contribution in [0.15, 0.2) is 54.6 Å². The van der Waals surface area contributed by atoms with E-state index in [4.69, 9.17) is 4.74 Å². The number of rotatable bonds is 9. The quantitative estimate of drug-likeness (QED) is 0.712. The molecule has 0 heterocycles. The molecule has 0 spiro atoms. The van der Waals surface area contributed by atoms with Gasteiger partial charge in [0, 0.05) is 17.8 Å². The smallest absolute Gasteiger partial charge is 0.238 e. The molecule has 0 aliphatic carbocycles. The van der Waals surface area contributed by atoms with Gasteiger partial charge in [-0.15, -0.1) is 0 Å². The van der Waals surface area contributed by atoms with Crippen LogP contribution in [0.5, 0.6) is 11.5 Å². The summed E-state index contributed by atoms with van der Waals surface area (Å²) in [5, 5.41) is 5.69. The van der Waals surface area contributed by atoms with Gasteiger partial charge in [-0.1, -0.05) is 31.2 Å². The van der Waals surface area contributed by atoms with Crippen molar-refractivity contribution in [3.8, 4) is 11.5 Å². The van der Waals surface area contributed by atoms with Crippen molar-refractivity contribution in [2.75, 3.05) is 25.0 Å². The molecule has 0 aromatic heterocycles. The molecule has 2 N–H and O–H groups in total. The highest BCUT2D eigenvalue weighted by molar-refractivity contribution is 5.92. The summed E-state index contributed by atoms with van der Waals surface area (Å²) >= 11 is 0. The molecule has 6 heteroatoms. The van der Waals surface area contributed by atoms with Gasteiger partial charge in [-0.25, -0.2) is 0 Å². The van der Waals surface area contributed by atoms with Crippen LogP contribution in [0.25, 0.3) is 0 Å². The van der Waals surface area contributed by atoms with Gasteiger partial charge in [0.1, 0.15) is 11.5 Å². The number of amides is 2. The van der Waals surface area contributed by atoms with Crippen LogP contribution in [0, 0.1) is 0 Å². The first kappa shape index (κ1) is 20.5. The first-order valence-electron chi connectivity index (χ1n) is 9.10. The van der Waals surface area contributed by atoms with Gasteiger partial charge >= 0.3 is 0 Å². The van der Waals surface area contributed by atoms with E-state index >= 15 is 0 Å². The maximum Gasteiger partial charge on any atom is 0.238 e. The molecular weight excluding hydrogens is 342 g/mol. The summed E-state index contributed by atoms with van der Waals surface area (Å²) in [7, 11) is 0. The summed E-state index contributed by atoms with van der Waals surface area (Å²) in [5.41, 5.74) is 0.649. The van der Waals surface area contributed by atoms with Crippen molar-refractivity contribution < 1.29 is 14.3 Å². The number of anilines is 1. The summed E-state index contributed by atoms with van der Waals surface area (Å²) in [5.74, 6) is 1.11. The summed E-state index contributed by atoms with van der Waals surface area (Å²) in [6, 6.07) is 16.8. The SMILES string of the molecule is CCN(CC(=O)Nc1cccc(Oc2ccccc2)c1)CC(=O)NC(C)C. The molecule has 0 aliphatic rings. The zero-order chi connectivity index (χ0) is 19.6. The lowest BCUT2D eigenvalue weighted by atomic mass is 10.3. The van der Waals surface area contributed by atoms with Crippen LogP contribution in [0.3, 0.4) is 0 Å². The molecule has 0 bridgehead atoms. The van der Waals surface area contributed by atoms with Gasteiger partial charge in [0.15, 0.2) is 0 Å². The zero-order valence-electron chi connectivity index (χ0n) is 16.1. The van der Waals surface area contributed by atoms with Crippen LogP contribution in [-0.4, -0.2) is 42.4 Å². The lowest BCUT2D eigenvalue weighted by Gasteiger charge is -2.20. The van der Waals surface area contributed by atoms with Gasteiger partial charge in [-0.3, -0.25) is 14.5 Å². The molecule has 144 valence electrons. The predicted molar refractivity (Wildman–Crippen MR) is 107 cm³/mol. The molecule has 6 nitrogen and oxygen atoms in total. The van der Waals surface area contributed by atoms with Crippen LogP contribution in [-0.2, 0) is 9.59 Å². The number of ether oxygens (including phenoxy) is 1. The largest absolute Gasteiger partial charge is 0.457 e. The highest BCUT2D eigenvalue weighted by atomic mass is 16.5. The molecular formula is C21H27N3O3. The highest BCUT2D eigenvalue weighted by Crippen LogP contribution is 2.23. The number of likely N-dealkylation sites (N-methyl/N-ethyl adjacent to an activating group) is 1. The Kier molecular flexibility index (Phi) is 7.82. The molecule has 0 saturated heterocycles. The van der Waals surface area contributed by atoms with Crippen LogP contribution < -0.4 is 15.4 Å². The van der Waals surface area contributed by atoms with Crippen molar-refractivity contribution in [3.05, 3.63) is 54.6 Å². The average molecular weight is 369 g/mol. The van der Waals surface area contributed by atoms with E-state index in [1.807, 2.05) is 63.2 Å². The van der Waals surface area contributed by atoms with E-state index in [0.29, 0.717) is 18.0 Å². The Labute approximate surface area is 160 Å². The van der Waals surface area contributed by atoms with Crippen molar-refractivity contribution >= 4 is 17.5 Å². The molecule has 27 heavy (non-hydrogen) atoms. The fourth-order valence-electron chi connectivity index (χ4n) is 2.52. The summed E-state index contributed by atoms with van der Waals surface area (Å²) < 4.78 is 5.78. The number of carbonyl (C=O) groups excluding carboxylic acids is 2. The fourth-order valence-corrected chi connectivity index (χ4v) is 2.52. The normalized spacial score (nSPS) is 10.7. The van der Waals surface area contributed by atoms with Gasteiger partial charge in [0.25, 0.3) is 0 Å². The Morgan fingerprint density at radius 2 is 1.63 bits per heavy atom. The van der Waals surface area contributed by atoms with E-state index in [0.717, 1.165) is 5.75 Å². The first-order valence-corrected chi connectivity index (χ1v) is 9.10. The van der Waals surface area contributed by atoms with E-state index in [9.17, 15) is 9.59 Å². The monoisotopic (exact) mass is 369 g/mol. The molecule has 2 aromatic rings. The Morgan fingerprint density at radius 3 is 2.30 bits per heavy atom. The highest BCUT2D eigenvalue weighted by Gasteiger charge is 2.14. The number of nitrogens with one attached hydrogen (secondary N) is 2. The van der Waals surface area contributed by atoms with Gasteiger partial charge in [-0.2, -0.15) is 0 Å². The molecule has 0 saturated carbocycles. The van der Waals surface area contributed by atoms with Crippen molar-refractivity contribution in [1.82, 2.24) is 10.2 Å². The van der Waals surface area contributed by atoms with Crippen LogP contribution in [0.4, 0.5) is 5.69 Å². The number of carbonyl (C=O) groups is 2. The minimum atomic E-state index is -0.175. The lowest BCUT2D eigenvalue weighted by molar-refractivity contribution is -0.123. The zero-order valence-corrected chi connectivity index (χ0v) is 16.1. The van der Waals surface area contributed by atoms with Crippen molar-refractivity contribution in [2.24, 2.45) is 0 Å². The minimum absolute atomic E-state index is 0.0809. The topological polar surface area (TPSA) is 70.7 Å². The molecule has 0 aliphatic heterocycles. The van der Waals surface area contributed by atoms with Crippen LogP contribution in [0.2, 0.25) is 0 Å². The molecule has 0 unspecified atom stereocenters. The number of para-hydroxylation sites is 1. The molecule has 0 fully saturated rings. The second-order valence-corrected chi connectivity index (χ2v) is 6.52. The van der Waals surface area contributed by atoms with Crippen molar-refractivity contribution in [3.63, 3.8) is 0 Å². The van der Waals surface area contributed by atoms with Gasteiger partial charge in [0.2, 0.25) is 11.8 Å². The molecule has 0 atom stereocenters. The average Bonchev–Trinajstić information content (AvgIpc) is 2.61. The number of hydrogen-bond donors (Lipinski definition) is 2. The minimum Gasteiger partial charge on any atom is -0.457 e. The van der Waals surface area contributed by atoms with E-state index < -0.39 is 0 Å². The Bertz CT molecular complexity index is 747. The second-order valence-electron chi connectivity index (χ2n) is 6.52. The summed E-state index contributed by atoms with van der Waals surface area (Å²) in [6.45, 7) is 6.68. The van der Waals surface area contributed by atoms with Crippen LogP contribution in [0.1, 0.15) is 20.8 Å². The van der Waals surface area contributed by atoms with E-state index in [1.165, 1.54) is 0 Å². The maximum absolute atomic E-state index is 12.3. The number of hydrogen-bond acceptors (Lipinski definition) is 4. The first-order chi connectivity index (χ1) is 13.0. The second kappa shape index (κ2) is 10.3. The third-order valence-corrected chi connectivity index (χ3v) is 3.73. The lowest BCUT2D eigenvalue weighted by Crippen LogP contribution is -2.42. The van der Waals surface area contributed by atoms with E-state index in [2.05, 4.69) is 10.6 Å². The number of nitrogens with zero attached hydrogens (tertiary/aromatic N) is 1. The van der Waals surface area contributed by atoms with Crippen molar-refractivity contribution in [2.45, 2.75) is 26.8 Å². The van der Waals surface area contributed by atoms with Gasteiger partial charge in [-0.05, 0) is 44.7 Å². The molecule has 0 radical (unpaired) electrons. The van der Waals surface area contributed by atoms with Crippen LogP contribution >= 0.6 is 0 Å². The van der Waals surface area contributed by atoms with E-state index in [1.54, 1.807) is 17.0 Å². The summed E-state index contributed by atoms with van der Waals surface area (Å²) in [6.07, 6.45) is 0. The van der Waals surface area contributed by atoms with Gasteiger partial charge in [0.05, 0.1) is 13.1 Å². The van der Waals surface area contributed by atoms with E-state index in [-0.39, 0.29) is 30.9 Å². The molecule has 2 amide bonds.